The summed E-state index contributed by atoms with van der Waals surface area (Å²) in [5, 5.41) is 14.1. The molecule has 0 heterocycles. The van der Waals surface area contributed by atoms with E-state index in [1.165, 1.54) is 25.7 Å². The van der Waals surface area contributed by atoms with E-state index in [4.69, 9.17) is 4.74 Å². The molecule has 0 saturated heterocycles. The Kier molecular flexibility index (Phi) is 5.95. The van der Waals surface area contributed by atoms with E-state index < -0.39 is 0 Å². The fraction of sp³-hybridized carbons (Fsp3) is 0.600. The van der Waals surface area contributed by atoms with Gasteiger partial charge in [0.2, 0.25) is 0 Å². The Hall–Kier alpha value is -1.46. The van der Waals surface area contributed by atoms with Gasteiger partial charge in [-0.05, 0) is 25.8 Å². The standard InChI is InChI=1S/C15H22N2O3/c18-17(19)15-8-4-1-5-13(15)9-10-16-11-12-20-14-6-2-3-7-14/h1,4-5,8,14,16H,2-3,6-7,9-12H2. The van der Waals surface area contributed by atoms with Crippen molar-refractivity contribution in [2.45, 2.75) is 38.2 Å². The lowest BCUT2D eigenvalue weighted by Gasteiger charge is -2.11. The molecule has 1 fully saturated rings. The molecule has 2 rings (SSSR count). The van der Waals surface area contributed by atoms with E-state index >= 15 is 0 Å². The molecule has 1 saturated carbocycles. The topological polar surface area (TPSA) is 64.4 Å². The number of rotatable bonds is 8. The van der Waals surface area contributed by atoms with Gasteiger partial charge in [-0.25, -0.2) is 0 Å². The number of nitrogens with one attached hydrogen (secondary N) is 1. The molecule has 1 aliphatic carbocycles. The average molecular weight is 278 g/mol. The van der Waals surface area contributed by atoms with Crippen molar-refractivity contribution in [1.82, 2.24) is 5.32 Å². The SMILES string of the molecule is O=[N+]([O-])c1ccccc1CCNCCOC1CCCC1. The van der Waals surface area contributed by atoms with Gasteiger partial charge in [-0.3, -0.25) is 10.1 Å². The van der Waals surface area contributed by atoms with Crippen LogP contribution >= 0.6 is 0 Å². The van der Waals surface area contributed by atoms with Crippen LogP contribution < -0.4 is 5.32 Å². The van der Waals surface area contributed by atoms with Crippen LogP contribution in [0.3, 0.4) is 0 Å². The van der Waals surface area contributed by atoms with Crippen molar-refractivity contribution >= 4 is 5.69 Å². The van der Waals surface area contributed by atoms with Crippen molar-refractivity contribution in [2.75, 3.05) is 19.7 Å². The molecule has 0 unspecified atom stereocenters. The van der Waals surface area contributed by atoms with Gasteiger partial charge in [-0.2, -0.15) is 0 Å². The minimum Gasteiger partial charge on any atom is -0.377 e. The van der Waals surface area contributed by atoms with Crippen LogP contribution in [0.5, 0.6) is 0 Å². The highest BCUT2D eigenvalue weighted by Crippen LogP contribution is 2.20. The number of nitrogens with zero attached hydrogens (tertiary/aromatic N) is 1. The summed E-state index contributed by atoms with van der Waals surface area (Å²) in [7, 11) is 0. The number of ether oxygens (including phenoxy) is 1. The highest BCUT2D eigenvalue weighted by atomic mass is 16.6. The molecule has 0 aromatic heterocycles. The van der Waals surface area contributed by atoms with Crippen molar-refractivity contribution in [3.05, 3.63) is 39.9 Å². The van der Waals surface area contributed by atoms with E-state index in [1.807, 2.05) is 12.1 Å². The van der Waals surface area contributed by atoms with Gasteiger partial charge in [0.15, 0.2) is 0 Å². The van der Waals surface area contributed by atoms with Crippen LogP contribution in [0.1, 0.15) is 31.2 Å². The Morgan fingerprint density at radius 2 is 2.00 bits per heavy atom. The highest BCUT2D eigenvalue weighted by molar-refractivity contribution is 5.39. The first kappa shape index (κ1) is 14.9. The van der Waals surface area contributed by atoms with Crippen LogP contribution in [-0.2, 0) is 11.2 Å². The van der Waals surface area contributed by atoms with Crippen LogP contribution in [-0.4, -0.2) is 30.7 Å². The summed E-state index contributed by atoms with van der Waals surface area (Å²) in [6.45, 7) is 2.26. The zero-order valence-electron chi connectivity index (χ0n) is 11.7. The predicted octanol–water partition coefficient (Wildman–Crippen LogP) is 2.69. The van der Waals surface area contributed by atoms with Crippen LogP contribution in [0.2, 0.25) is 0 Å². The molecule has 5 heteroatoms. The van der Waals surface area contributed by atoms with E-state index in [-0.39, 0.29) is 10.6 Å². The van der Waals surface area contributed by atoms with Crippen molar-refractivity contribution in [2.24, 2.45) is 0 Å². The van der Waals surface area contributed by atoms with Gasteiger partial charge in [0.05, 0.1) is 17.6 Å². The first-order valence-corrected chi connectivity index (χ1v) is 7.32. The van der Waals surface area contributed by atoms with Crippen molar-refractivity contribution in [3.63, 3.8) is 0 Å². The van der Waals surface area contributed by atoms with Gasteiger partial charge >= 0.3 is 0 Å². The highest BCUT2D eigenvalue weighted by Gasteiger charge is 2.14. The lowest BCUT2D eigenvalue weighted by atomic mass is 10.1. The molecule has 1 aromatic rings. The van der Waals surface area contributed by atoms with Gasteiger partial charge in [0, 0.05) is 18.2 Å². The van der Waals surface area contributed by atoms with Gasteiger partial charge < -0.3 is 10.1 Å². The second-order valence-corrected chi connectivity index (χ2v) is 5.16. The summed E-state index contributed by atoms with van der Waals surface area (Å²) in [5.74, 6) is 0. The minimum absolute atomic E-state index is 0.205. The summed E-state index contributed by atoms with van der Waals surface area (Å²) in [4.78, 5) is 10.5. The zero-order chi connectivity index (χ0) is 14.2. The molecule has 0 bridgehead atoms. The molecule has 0 aliphatic heterocycles. The number of hydrogen-bond acceptors (Lipinski definition) is 4. The van der Waals surface area contributed by atoms with Gasteiger partial charge in [-0.1, -0.05) is 31.0 Å². The Labute approximate surface area is 119 Å². The zero-order valence-corrected chi connectivity index (χ0v) is 11.7. The molecule has 0 radical (unpaired) electrons. The van der Waals surface area contributed by atoms with Crippen molar-refractivity contribution in [1.29, 1.82) is 0 Å². The van der Waals surface area contributed by atoms with Gasteiger partial charge in [0.1, 0.15) is 0 Å². The number of nitro groups is 1. The third-order valence-corrected chi connectivity index (χ3v) is 3.69. The van der Waals surface area contributed by atoms with E-state index in [0.717, 1.165) is 25.3 Å². The van der Waals surface area contributed by atoms with Gasteiger partial charge in [-0.15, -0.1) is 0 Å². The first-order valence-electron chi connectivity index (χ1n) is 7.32. The lowest BCUT2D eigenvalue weighted by molar-refractivity contribution is -0.385. The third-order valence-electron chi connectivity index (χ3n) is 3.69. The van der Waals surface area contributed by atoms with Crippen LogP contribution in [0.15, 0.2) is 24.3 Å². The molecular formula is C15H22N2O3. The number of para-hydroxylation sites is 1. The lowest BCUT2D eigenvalue weighted by Crippen LogP contribution is -2.24. The van der Waals surface area contributed by atoms with Crippen molar-refractivity contribution < 1.29 is 9.66 Å². The molecule has 20 heavy (non-hydrogen) atoms. The predicted molar refractivity (Wildman–Crippen MR) is 77.9 cm³/mol. The number of hydrogen-bond donors (Lipinski definition) is 1. The average Bonchev–Trinajstić information content (AvgIpc) is 2.96. The van der Waals surface area contributed by atoms with Crippen molar-refractivity contribution in [3.8, 4) is 0 Å². The first-order chi connectivity index (χ1) is 9.77. The largest absolute Gasteiger partial charge is 0.377 e. The Morgan fingerprint density at radius 3 is 2.75 bits per heavy atom. The molecular weight excluding hydrogens is 256 g/mol. The normalized spacial score (nSPS) is 15.6. The number of benzene rings is 1. The summed E-state index contributed by atoms with van der Waals surface area (Å²) in [5.41, 5.74) is 0.984. The molecule has 1 aromatic carbocycles. The number of nitro benzene ring substituents is 1. The molecule has 0 amide bonds. The van der Waals surface area contributed by atoms with Crippen LogP contribution in [0, 0.1) is 10.1 Å². The fourth-order valence-corrected chi connectivity index (χ4v) is 2.60. The summed E-state index contributed by atoms with van der Waals surface area (Å²) >= 11 is 0. The summed E-state index contributed by atoms with van der Waals surface area (Å²) < 4.78 is 5.75. The summed E-state index contributed by atoms with van der Waals surface area (Å²) in [6, 6.07) is 6.91. The summed E-state index contributed by atoms with van der Waals surface area (Å²) in [6.07, 6.45) is 6.07. The Morgan fingerprint density at radius 1 is 1.25 bits per heavy atom. The third kappa shape index (κ3) is 4.58. The second-order valence-electron chi connectivity index (χ2n) is 5.16. The van der Waals surface area contributed by atoms with Crippen LogP contribution in [0.4, 0.5) is 5.69 Å². The van der Waals surface area contributed by atoms with E-state index in [1.54, 1.807) is 12.1 Å². The van der Waals surface area contributed by atoms with E-state index in [2.05, 4.69) is 5.32 Å². The monoisotopic (exact) mass is 278 g/mol. The quantitative estimate of drug-likeness (QED) is 0.451. The van der Waals surface area contributed by atoms with Crippen LogP contribution in [0.25, 0.3) is 0 Å². The molecule has 0 atom stereocenters. The maximum atomic E-state index is 10.9. The molecule has 5 nitrogen and oxygen atoms in total. The second kappa shape index (κ2) is 7.97. The maximum Gasteiger partial charge on any atom is 0.272 e. The van der Waals surface area contributed by atoms with E-state index in [9.17, 15) is 10.1 Å². The molecule has 110 valence electrons. The minimum atomic E-state index is -0.321. The Bertz CT molecular complexity index is 431. The molecule has 0 spiro atoms. The van der Waals surface area contributed by atoms with Gasteiger partial charge in [0.25, 0.3) is 5.69 Å². The van der Waals surface area contributed by atoms with E-state index in [0.29, 0.717) is 12.5 Å². The molecule has 1 aliphatic rings. The maximum absolute atomic E-state index is 10.9. The fourth-order valence-electron chi connectivity index (χ4n) is 2.60. The molecule has 1 N–H and O–H groups in total. The smallest absolute Gasteiger partial charge is 0.272 e. The Balaban J connectivity index is 1.62.